The minimum absolute atomic E-state index is 0.253. The molecule has 1 amide bonds. The van der Waals surface area contributed by atoms with Crippen molar-refractivity contribution in [2.24, 2.45) is 0 Å². The second-order valence-corrected chi connectivity index (χ2v) is 9.40. The number of halogens is 1. The van der Waals surface area contributed by atoms with Crippen LogP contribution in [0.1, 0.15) is 29.9 Å². The average molecular weight is 410 g/mol. The zero-order valence-electron chi connectivity index (χ0n) is 17.1. The summed E-state index contributed by atoms with van der Waals surface area (Å²) >= 11 is 6.07. The summed E-state index contributed by atoms with van der Waals surface area (Å²) in [5.41, 5.74) is 3.16. The fraction of sp³-hybridized carbons (Fsp3) is 0.458. The highest BCUT2D eigenvalue weighted by Crippen LogP contribution is 2.66. The summed E-state index contributed by atoms with van der Waals surface area (Å²) in [4.78, 5) is 20.5. The van der Waals surface area contributed by atoms with Crippen LogP contribution in [0.25, 0.3) is 0 Å². The second kappa shape index (κ2) is 7.12. The summed E-state index contributed by atoms with van der Waals surface area (Å²) in [6.45, 7) is 3.91. The molecule has 3 aliphatic rings. The van der Waals surface area contributed by atoms with E-state index in [9.17, 15) is 4.79 Å². The number of hydrogen-bond donors (Lipinski definition) is 0. The fourth-order valence-corrected chi connectivity index (χ4v) is 5.47. The van der Waals surface area contributed by atoms with Crippen molar-refractivity contribution in [3.8, 4) is 0 Å². The van der Waals surface area contributed by atoms with Crippen molar-refractivity contribution in [1.29, 1.82) is 0 Å². The number of likely N-dealkylation sites (tertiary alicyclic amines) is 1. The van der Waals surface area contributed by atoms with Gasteiger partial charge in [-0.05, 0) is 62.8 Å². The maximum atomic E-state index is 13.6. The lowest BCUT2D eigenvalue weighted by molar-refractivity contribution is -0.120. The van der Waals surface area contributed by atoms with Gasteiger partial charge in [0.05, 0.1) is 5.41 Å². The van der Waals surface area contributed by atoms with Gasteiger partial charge in [0.15, 0.2) is 0 Å². The largest absolute Gasteiger partial charge is 0.310 e. The molecule has 2 heterocycles. The Morgan fingerprint density at radius 2 is 1.86 bits per heavy atom. The first-order chi connectivity index (χ1) is 14.0. The van der Waals surface area contributed by atoms with Crippen LogP contribution in [-0.4, -0.2) is 62.0 Å². The van der Waals surface area contributed by atoms with E-state index < -0.39 is 0 Å². The van der Waals surface area contributed by atoms with Crippen LogP contribution in [0.3, 0.4) is 0 Å². The third-order valence-corrected chi connectivity index (χ3v) is 7.41. The molecule has 5 heteroatoms. The lowest BCUT2D eigenvalue weighted by atomic mass is 9.92. The van der Waals surface area contributed by atoms with Crippen LogP contribution >= 0.6 is 11.6 Å². The quantitative estimate of drug-likeness (QED) is 0.752. The third kappa shape index (κ3) is 3.09. The molecule has 4 nitrogen and oxygen atoms in total. The maximum Gasteiger partial charge on any atom is 0.238 e. The summed E-state index contributed by atoms with van der Waals surface area (Å²) in [6.07, 6.45) is 2.10. The number of rotatable bonds is 5. The summed E-state index contributed by atoms with van der Waals surface area (Å²) < 4.78 is 0. The van der Waals surface area contributed by atoms with E-state index in [1.165, 1.54) is 17.5 Å². The molecule has 1 saturated carbocycles. The number of benzene rings is 2. The predicted molar refractivity (Wildman–Crippen MR) is 118 cm³/mol. The van der Waals surface area contributed by atoms with E-state index in [1.54, 1.807) is 0 Å². The minimum Gasteiger partial charge on any atom is -0.310 e. The van der Waals surface area contributed by atoms with Crippen molar-refractivity contribution >= 4 is 23.2 Å². The number of carbonyl (C=O) groups excluding carboxylic acids is 1. The Morgan fingerprint density at radius 1 is 1.10 bits per heavy atom. The van der Waals surface area contributed by atoms with Crippen LogP contribution in [0.2, 0.25) is 5.02 Å². The Kier molecular flexibility index (Phi) is 4.69. The minimum atomic E-state index is -0.373. The maximum absolute atomic E-state index is 13.6. The number of carbonyl (C=O) groups is 1. The van der Waals surface area contributed by atoms with E-state index >= 15 is 0 Å². The molecule has 0 N–H and O–H groups in total. The van der Waals surface area contributed by atoms with Crippen molar-refractivity contribution < 1.29 is 4.79 Å². The molecule has 1 spiro atoms. The number of fused-ring (bicyclic) bond motifs is 2. The summed E-state index contributed by atoms with van der Waals surface area (Å²) in [5.74, 6) is 0.533. The van der Waals surface area contributed by atoms with Crippen LogP contribution in [-0.2, 0) is 10.2 Å². The van der Waals surface area contributed by atoms with Crippen molar-refractivity contribution in [1.82, 2.24) is 9.80 Å². The molecule has 2 aliphatic heterocycles. The van der Waals surface area contributed by atoms with E-state index in [2.05, 4.69) is 60.3 Å². The van der Waals surface area contributed by atoms with Gasteiger partial charge in [0.1, 0.15) is 0 Å². The van der Waals surface area contributed by atoms with Gasteiger partial charge in [0, 0.05) is 42.3 Å². The van der Waals surface area contributed by atoms with Crippen molar-refractivity contribution in [3.63, 3.8) is 0 Å². The lowest BCUT2D eigenvalue weighted by Gasteiger charge is -2.24. The van der Waals surface area contributed by atoms with Crippen LogP contribution in [0.5, 0.6) is 0 Å². The van der Waals surface area contributed by atoms with E-state index in [-0.39, 0.29) is 17.2 Å². The number of likely N-dealkylation sites (N-methyl/N-ethyl adjacent to an activating group) is 1. The summed E-state index contributed by atoms with van der Waals surface area (Å²) in [5, 5.41) is 0.741. The van der Waals surface area contributed by atoms with Gasteiger partial charge in [0.25, 0.3) is 0 Å². The fourth-order valence-electron chi connectivity index (χ4n) is 5.35. The third-order valence-electron chi connectivity index (χ3n) is 7.15. The Hall–Kier alpha value is -1.88. The number of para-hydroxylation sites is 1. The van der Waals surface area contributed by atoms with Gasteiger partial charge in [-0.3, -0.25) is 9.69 Å². The van der Waals surface area contributed by atoms with E-state index in [0.717, 1.165) is 43.3 Å². The molecule has 0 radical (unpaired) electrons. The molecule has 0 bridgehead atoms. The number of nitrogens with zero attached hydrogens (tertiary/aromatic N) is 3. The molecule has 2 fully saturated rings. The van der Waals surface area contributed by atoms with Gasteiger partial charge >= 0.3 is 0 Å². The molecule has 29 heavy (non-hydrogen) atoms. The van der Waals surface area contributed by atoms with Crippen molar-refractivity contribution in [3.05, 3.63) is 64.7 Å². The van der Waals surface area contributed by atoms with Gasteiger partial charge in [-0.2, -0.15) is 0 Å². The second-order valence-electron chi connectivity index (χ2n) is 8.96. The van der Waals surface area contributed by atoms with Gasteiger partial charge in [-0.15, -0.1) is 0 Å². The van der Waals surface area contributed by atoms with Crippen LogP contribution in [0.15, 0.2) is 48.5 Å². The smallest absolute Gasteiger partial charge is 0.238 e. The molecule has 1 saturated heterocycles. The first-order valence-electron chi connectivity index (χ1n) is 10.6. The van der Waals surface area contributed by atoms with Crippen LogP contribution in [0.4, 0.5) is 5.69 Å². The average Bonchev–Trinajstić information content (AvgIpc) is 3.20. The molecule has 5 rings (SSSR count). The van der Waals surface area contributed by atoms with E-state index in [0.29, 0.717) is 6.04 Å². The molecule has 3 unspecified atom stereocenters. The molecule has 0 aromatic heterocycles. The zero-order chi connectivity index (χ0) is 20.2. The first kappa shape index (κ1) is 19.1. The number of amides is 1. The van der Waals surface area contributed by atoms with Gasteiger partial charge < -0.3 is 9.80 Å². The number of anilines is 1. The van der Waals surface area contributed by atoms with Crippen LogP contribution < -0.4 is 4.90 Å². The Balaban J connectivity index is 1.36. The standard InChI is InChI=1S/C24H28ClN3O/c1-26(2)19-11-12-27(16-19)13-14-28-22-6-4-3-5-20(22)24(23(28)29)15-21(24)17-7-9-18(25)10-8-17/h3-10,19,21H,11-16H2,1-2H3. The van der Waals surface area contributed by atoms with Crippen LogP contribution in [0, 0.1) is 0 Å². The molecule has 1 aliphatic carbocycles. The monoisotopic (exact) mass is 409 g/mol. The van der Waals surface area contributed by atoms with Crippen molar-refractivity contribution in [2.75, 3.05) is 45.2 Å². The zero-order valence-corrected chi connectivity index (χ0v) is 17.9. The Bertz CT molecular complexity index is 928. The van der Waals surface area contributed by atoms with Gasteiger partial charge in [-0.1, -0.05) is 41.9 Å². The number of hydrogen-bond acceptors (Lipinski definition) is 3. The van der Waals surface area contributed by atoms with Crippen molar-refractivity contribution in [2.45, 2.75) is 30.2 Å². The molecule has 3 atom stereocenters. The lowest BCUT2D eigenvalue weighted by Crippen LogP contribution is -2.40. The van der Waals surface area contributed by atoms with E-state index in [4.69, 9.17) is 11.6 Å². The highest BCUT2D eigenvalue weighted by Gasteiger charge is 2.66. The topological polar surface area (TPSA) is 26.8 Å². The highest BCUT2D eigenvalue weighted by molar-refractivity contribution is 6.30. The summed E-state index contributed by atoms with van der Waals surface area (Å²) in [6, 6.07) is 17.0. The SMILES string of the molecule is CN(C)C1CCN(CCN2C(=O)C3(CC3c3ccc(Cl)cc3)c3ccccc32)C1. The first-order valence-corrected chi connectivity index (χ1v) is 10.9. The Morgan fingerprint density at radius 3 is 2.59 bits per heavy atom. The van der Waals surface area contributed by atoms with E-state index in [1.807, 2.05) is 17.0 Å². The molecule has 2 aromatic rings. The molecule has 2 aromatic carbocycles. The van der Waals surface area contributed by atoms with Gasteiger partial charge in [0.2, 0.25) is 5.91 Å². The predicted octanol–water partition coefficient (Wildman–Crippen LogP) is 3.75. The highest BCUT2D eigenvalue weighted by atomic mass is 35.5. The summed E-state index contributed by atoms with van der Waals surface area (Å²) in [7, 11) is 4.31. The Labute approximate surface area is 178 Å². The molecular weight excluding hydrogens is 382 g/mol. The molecule has 152 valence electrons. The van der Waals surface area contributed by atoms with Gasteiger partial charge in [-0.25, -0.2) is 0 Å². The normalized spacial score (nSPS) is 28.6. The molecular formula is C24H28ClN3O.